The second kappa shape index (κ2) is 6.93. The van der Waals surface area contributed by atoms with Crippen molar-refractivity contribution in [2.24, 2.45) is 5.92 Å². The molecule has 0 spiro atoms. The van der Waals surface area contributed by atoms with E-state index in [0.29, 0.717) is 5.92 Å². The molecule has 2 rings (SSSR count). The third-order valence-electron chi connectivity index (χ3n) is 3.49. The molecular weight excluding hydrogens is 270 g/mol. The van der Waals surface area contributed by atoms with Gasteiger partial charge >= 0.3 is 6.09 Å². The quantitative estimate of drug-likeness (QED) is 0.924. The first-order valence-corrected chi connectivity index (χ1v) is 7.50. The van der Waals surface area contributed by atoms with E-state index in [1.54, 1.807) is 11.2 Å². The van der Waals surface area contributed by atoms with Gasteiger partial charge in [0.25, 0.3) is 0 Å². The van der Waals surface area contributed by atoms with Crippen LogP contribution in [-0.2, 0) is 11.3 Å². The minimum absolute atomic E-state index is 0.198. The molecule has 21 heavy (non-hydrogen) atoms. The van der Waals surface area contributed by atoms with Crippen LogP contribution < -0.4 is 5.32 Å². The maximum atomic E-state index is 12.0. The fraction of sp³-hybridized carbons (Fsp3) is 0.733. The topological polar surface area (TPSA) is 67.6 Å². The summed E-state index contributed by atoms with van der Waals surface area (Å²) in [7, 11) is 0. The molecule has 118 valence electrons. The van der Waals surface area contributed by atoms with Crippen LogP contribution in [0.2, 0.25) is 0 Å². The van der Waals surface area contributed by atoms with E-state index in [0.717, 1.165) is 44.7 Å². The highest BCUT2D eigenvalue weighted by atomic mass is 16.6. The molecule has 0 unspecified atom stereocenters. The zero-order valence-electron chi connectivity index (χ0n) is 13.1. The molecule has 6 nitrogen and oxygen atoms in total. The van der Waals surface area contributed by atoms with Crippen molar-refractivity contribution in [2.75, 3.05) is 19.6 Å². The highest BCUT2D eigenvalue weighted by molar-refractivity contribution is 5.68. The lowest BCUT2D eigenvalue weighted by molar-refractivity contribution is 0.0184. The van der Waals surface area contributed by atoms with Gasteiger partial charge in [0.15, 0.2) is 6.39 Å². The number of rotatable bonds is 4. The Hall–Kier alpha value is -1.56. The maximum Gasteiger partial charge on any atom is 0.410 e. The number of hydrogen-bond donors (Lipinski definition) is 1. The number of piperidine rings is 1. The van der Waals surface area contributed by atoms with E-state index in [1.807, 2.05) is 20.8 Å². The SMILES string of the molecule is CC(C)(C)OC(=O)N1CCC(CNCc2cocn2)CC1. The number of carbonyl (C=O) groups excluding carboxylic acids is 1. The summed E-state index contributed by atoms with van der Waals surface area (Å²) in [5.74, 6) is 0.593. The normalized spacial score (nSPS) is 17.0. The van der Waals surface area contributed by atoms with Crippen molar-refractivity contribution >= 4 is 6.09 Å². The van der Waals surface area contributed by atoms with Crippen molar-refractivity contribution in [1.82, 2.24) is 15.2 Å². The van der Waals surface area contributed by atoms with E-state index in [-0.39, 0.29) is 6.09 Å². The number of likely N-dealkylation sites (tertiary alicyclic amines) is 1. The number of hydrogen-bond acceptors (Lipinski definition) is 5. The Morgan fingerprint density at radius 2 is 2.19 bits per heavy atom. The average Bonchev–Trinajstić information content (AvgIpc) is 2.91. The van der Waals surface area contributed by atoms with Crippen LogP contribution in [0.15, 0.2) is 17.1 Å². The molecule has 0 atom stereocenters. The molecule has 1 aliphatic rings. The van der Waals surface area contributed by atoms with Gasteiger partial charge in [-0.1, -0.05) is 0 Å². The predicted octanol–water partition coefficient (Wildman–Crippen LogP) is 2.41. The highest BCUT2D eigenvalue weighted by Crippen LogP contribution is 2.19. The molecule has 1 N–H and O–H groups in total. The van der Waals surface area contributed by atoms with Crippen molar-refractivity contribution in [3.63, 3.8) is 0 Å². The fourth-order valence-electron chi connectivity index (χ4n) is 2.38. The minimum atomic E-state index is -0.424. The summed E-state index contributed by atoms with van der Waals surface area (Å²) in [4.78, 5) is 17.8. The Balaban J connectivity index is 1.65. The lowest BCUT2D eigenvalue weighted by Crippen LogP contribution is -2.43. The van der Waals surface area contributed by atoms with Crippen LogP contribution >= 0.6 is 0 Å². The van der Waals surface area contributed by atoms with Crippen LogP contribution in [0.1, 0.15) is 39.3 Å². The van der Waals surface area contributed by atoms with Crippen LogP contribution in [0.4, 0.5) is 4.79 Å². The van der Waals surface area contributed by atoms with E-state index in [2.05, 4.69) is 10.3 Å². The Morgan fingerprint density at radius 1 is 1.48 bits per heavy atom. The molecule has 6 heteroatoms. The molecule has 2 heterocycles. The molecule has 0 radical (unpaired) electrons. The number of nitrogens with one attached hydrogen (secondary N) is 1. The monoisotopic (exact) mass is 295 g/mol. The third kappa shape index (κ3) is 5.38. The fourth-order valence-corrected chi connectivity index (χ4v) is 2.38. The lowest BCUT2D eigenvalue weighted by Gasteiger charge is -2.33. The number of carbonyl (C=O) groups is 1. The van der Waals surface area contributed by atoms with Crippen molar-refractivity contribution in [1.29, 1.82) is 0 Å². The first-order chi connectivity index (χ1) is 9.94. The summed E-state index contributed by atoms with van der Waals surface area (Å²) in [6, 6.07) is 0. The van der Waals surface area contributed by atoms with Crippen LogP contribution in [-0.4, -0.2) is 41.2 Å². The van der Waals surface area contributed by atoms with Crippen molar-refractivity contribution < 1.29 is 13.9 Å². The van der Waals surface area contributed by atoms with Crippen molar-refractivity contribution in [2.45, 2.75) is 45.8 Å². The number of oxazole rings is 1. The summed E-state index contributed by atoms with van der Waals surface area (Å²) in [6.45, 7) is 8.89. The first-order valence-electron chi connectivity index (χ1n) is 7.50. The molecule has 0 aromatic carbocycles. The lowest BCUT2D eigenvalue weighted by atomic mass is 9.97. The molecule has 1 aliphatic heterocycles. The second-order valence-electron chi connectivity index (χ2n) is 6.52. The van der Waals surface area contributed by atoms with Gasteiger partial charge in [-0.05, 0) is 46.1 Å². The molecule has 1 saturated heterocycles. The van der Waals surface area contributed by atoms with E-state index < -0.39 is 5.60 Å². The van der Waals surface area contributed by atoms with Gasteiger partial charge in [-0.3, -0.25) is 0 Å². The Labute approximate surface area is 125 Å². The minimum Gasteiger partial charge on any atom is -0.451 e. The van der Waals surface area contributed by atoms with Crippen LogP contribution in [0, 0.1) is 5.92 Å². The highest BCUT2D eigenvalue weighted by Gasteiger charge is 2.26. The Morgan fingerprint density at radius 3 is 2.76 bits per heavy atom. The molecule has 0 aliphatic carbocycles. The van der Waals surface area contributed by atoms with Crippen LogP contribution in [0.25, 0.3) is 0 Å². The van der Waals surface area contributed by atoms with Gasteiger partial charge < -0.3 is 19.4 Å². The number of ether oxygens (including phenoxy) is 1. The summed E-state index contributed by atoms with van der Waals surface area (Å²) in [6.07, 6.45) is 4.90. The first kappa shape index (κ1) is 15.8. The van der Waals surface area contributed by atoms with Gasteiger partial charge in [0.05, 0.1) is 5.69 Å². The molecule has 0 bridgehead atoms. The van der Waals surface area contributed by atoms with Crippen molar-refractivity contribution in [3.8, 4) is 0 Å². The van der Waals surface area contributed by atoms with Crippen LogP contribution in [0.3, 0.4) is 0 Å². The second-order valence-corrected chi connectivity index (χ2v) is 6.52. The van der Waals surface area contributed by atoms with E-state index >= 15 is 0 Å². The van der Waals surface area contributed by atoms with Gasteiger partial charge in [-0.25, -0.2) is 9.78 Å². The van der Waals surface area contributed by atoms with E-state index in [1.165, 1.54) is 6.39 Å². The number of amides is 1. The Kier molecular flexibility index (Phi) is 5.22. The van der Waals surface area contributed by atoms with Crippen molar-refractivity contribution in [3.05, 3.63) is 18.4 Å². The number of aromatic nitrogens is 1. The molecule has 1 amide bonds. The smallest absolute Gasteiger partial charge is 0.410 e. The van der Waals surface area contributed by atoms with Gasteiger partial charge in [0.2, 0.25) is 0 Å². The molecule has 1 aromatic heterocycles. The summed E-state index contributed by atoms with van der Waals surface area (Å²) in [5.41, 5.74) is 0.494. The predicted molar refractivity (Wildman–Crippen MR) is 78.7 cm³/mol. The largest absolute Gasteiger partial charge is 0.451 e. The zero-order valence-corrected chi connectivity index (χ0v) is 13.1. The number of nitrogens with zero attached hydrogens (tertiary/aromatic N) is 2. The molecule has 1 fully saturated rings. The third-order valence-corrected chi connectivity index (χ3v) is 3.49. The van der Waals surface area contributed by atoms with Gasteiger partial charge in [0, 0.05) is 19.6 Å². The van der Waals surface area contributed by atoms with Gasteiger partial charge in [-0.2, -0.15) is 0 Å². The summed E-state index contributed by atoms with van der Waals surface area (Å²) >= 11 is 0. The standard InChI is InChI=1S/C15H25N3O3/c1-15(2,3)21-14(19)18-6-4-12(5-7-18)8-16-9-13-10-20-11-17-13/h10-12,16H,4-9H2,1-3H3. The van der Waals surface area contributed by atoms with Gasteiger partial charge in [0.1, 0.15) is 11.9 Å². The van der Waals surface area contributed by atoms with E-state index in [4.69, 9.17) is 9.15 Å². The van der Waals surface area contributed by atoms with Crippen LogP contribution in [0.5, 0.6) is 0 Å². The van der Waals surface area contributed by atoms with Gasteiger partial charge in [-0.15, -0.1) is 0 Å². The molecule has 1 aromatic rings. The summed E-state index contributed by atoms with van der Waals surface area (Å²) < 4.78 is 10.3. The average molecular weight is 295 g/mol. The molecular formula is C15H25N3O3. The summed E-state index contributed by atoms with van der Waals surface area (Å²) in [5, 5.41) is 3.38. The molecule has 0 saturated carbocycles. The Bertz CT molecular complexity index is 432. The van der Waals surface area contributed by atoms with E-state index in [9.17, 15) is 4.79 Å². The zero-order chi connectivity index (χ0) is 15.3. The maximum absolute atomic E-state index is 12.0.